The van der Waals surface area contributed by atoms with Gasteiger partial charge in [0.25, 0.3) is 0 Å². The SMILES string of the molecule is CCCCNc1nc(NC(=O)OC)nc2cnn(C/C(N)=C(/C=C(\N)C3CCNCC3)OC)c12. The number of ether oxygens (including phenoxy) is 2. The van der Waals surface area contributed by atoms with Crippen LogP contribution in [0.1, 0.15) is 32.6 Å². The van der Waals surface area contributed by atoms with Gasteiger partial charge in [0.05, 0.1) is 32.7 Å². The van der Waals surface area contributed by atoms with Crippen LogP contribution in [-0.2, 0) is 16.0 Å². The van der Waals surface area contributed by atoms with Crippen molar-refractivity contribution in [3.05, 3.63) is 29.4 Å². The zero-order valence-electron chi connectivity index (χ0n) is 20.1. The van der Waals surface area contributed by atoms with Gasteiger partial charge in [-0.3, -0.25) is 10.00 Å². The molecule has 3 heterocycles. The quantitative estimate of drug-likeness (QED) is 0.195. The van der Waals surface area contributed by atoms with Crippen LogP contribution in [0.25, 0.3) is 11.0 Å². The molecule has 1 fully saturated rings. The van der Waals surface area contributed by atoms with E-state index in [1.54, 1.807) is 18.0 Å². The van der Waals surface area contributed by atoms with Crippen molar-refractivity contribution in [2.24, 2.45) is 17.4 Å². The maximum absolute atomic E-state index is 11.6. The molecule has 0 spiro atoms. The second kappa shape index (κ2) is 12.1. The molecule has 0 aromatic carbocycles. The molecule has 0 aliphatic carbocycles. The monoisotopic (exact) mass is 473 g/mol. The molecule has 34 heavy (non-hydrogen) atoms. The van der Waals surface area contributed by atoms with Crippen LogP contribution >= 0.6 is 0 Å². The standard InChI is InChI=1S/C22H35N9O3/c1-4-5-8-26-20-19-17(28-21(29-20)30-22(32)34-3)12-27-31(19)13-16(24)18(33-2)11-15(23)14-6-9-25-10-7-14/h11-12,14,25H,4-10,13,23-24H2,1-3H3,(H2,26,28,29,30,32)/b15-11-,18-16+. The van der Waals surface area contributed by atoms with E-state index in [2.05, 4.69) is 42.7 Å². The lowest BCUT2D eigenvalue weighted by atomic mass is 9.94. The molecule has 2 aromatic rings. The zero-order valence-corrected chi connectivity index (χ0v) is 20.1. The van der Waals surface area contributed by atoms with Crippen LogP contribution in [0, 0.1) is 5.92 Å². The van der Waals surface area contributed by atoms with Crippen molar-refractivity contribution in [2.45, 2.75) is 39.2 Å². The summed E-state index contributed by atoms with van der Waals surface area (Å²) in [4.78, 5) is 20.5. The van der Waals surface area contributed by atoms with Gasteiger partial charge in [0.2, 0.25) is 5.95 Å². The second-order valence-electron chi connectivity index (χ2n) is 8.09. The van der Waals surface area contributed by atoms with Gasteiger partial charge < -0.3 is 31.6 Å². The molecule has 1 amide bonds. The topological polar surface area (TPSA) is 167 Å². The van der Waals surface area contributed by atoms with Crippen LogP contribution in [0.5, 0.6) is 0 Å². The van der Waals surface area contributed by atoms with E-state index in [1.165, 1.54) is 7.11 Å². The van der Waals surface area contributed by atoms with Crippen molar-refractivity contribution in [3.8, 4) is 0 Å². The van der Waals surface area contributed by atoms with Gasteiger partial charge in [0, 0.05) is 24.2 Å². The van der Waals surface area contributed by atoms with Crippen molar-refractivity contribution in [1.82, 2.24) is 25.1 Å². The number of nitrogens with two attached hydrogens (primary N) is 2. The minimum absolute atomic E-state index is 0.122. The Kier molecular flexibility index (Phi) is 8.91. The number of piperidine rings is 1. The average molecular weight is 474 g/mol. The summed E-state index contributed by atoms with van der Waals surface area (Å²) in [7, 11) is 2.85. The van der Waals surface area contributed by atoms with E-state index in [1.807, 2.05) is 6.08 Å². The van der Waals surface area contributed by atoms with Gasteiger partial charge in [-0.05, 0) is 32.4 Å². The largest absolute Gasteiger partial charge is 0.495 e. The number of unbranched alkanes of at least 4 members (excludes halogenated alkanes) is 1. The van der Waals surface area contributed by atoms with E-state index in [-0.39, 0.29) is 12.5 Å². The first-order valence-corrected chi connectivity index (χ1v) is 11.5. The van der Waals surface area contributed by atoms with Gasteiger partial charge in [-0.2, -0.15) is 10.1 Å². The fraction of sp³-hybridized carbons (Fsp3) is 0.545. The van der Waals surface area contributed by atoms with Gasteiger partial charge in [-0.1, -0.05) is 13.3 Å². The van der Waals surface area contributed by atoms with Crippen molar-refractivity contribution in [2.75, 3.05) is 44.5 Å². The summed E-state index contributed by atoms with van der Waals surface area (Å²) in [6.45, 7) is 4.95. The highest BCUT2D eigenvalue weighted by molar-refractivity contribution is 5.89. The summed E-state index contributed by atoms with van der Waals surface area (Å²) in [5, 5.41) is 13.6. The molecule has 0 saturated carbocycles. The normalized spacial score (nSPS) is 15.7. The Morgan fingerprint density at radius 2 is 2.03 bits per heavy atom. The number of allylic oxidation sites excluding steroid dienone is 3. The number of nitrogens with one attached hydrogen (secondary N) is 3. The third kappa shape index (κ3) is 6.28. The predicted molar refractivity (Wildman–Crippen MR) is 131 cm³/mol. The van der Waals surface area contributed by atoms with Gasteiger partial charge in [-0.25, -0.2) is 9.78 Å². The number of hydrogen-bond donors (Lipinski definition) is 5. The second-order valence-corrected chi connectivity index (χ2v) is 8.09. The van der Waals surface area contributed by atoms with Crippen molar-refractivity contribution in [1.29, 1.82) is 0 Å². The van der Waals surface area contributed by atoms with E-state index in [0.717, 1.165) is 44.5 Å². The Hall–Kier alpha value is -3.54. The molecule has 186 valence electrons. The van der Waals surface area contributed by atoms with E-state index < -0.39 is 6.09 Å². The molecule has 1 saturated heterocycles. The van der Waals surface area contributed by atoms with Crippen LogP contribution in [0.3, 0.4) is 0 Å². The highest BCUT2D eigenvalue weighted by Gasteiger charge is 2.18. The molecule has 12 nitrogen and oxygen atoms in total. The Morgan fingerprint density at radius 1 is 1.26 bits per heavy atom. The highest BCUT2D eigenvalue weighted by Crippen LogP contribution is 2.24. The number of anilines is 2. The Balaban J connectivity index is 1.92. The van der Waals surface area contributed by atoms with Crippen LogP contribution in [-0.4, -0.2) is 59.7 Å². The zero-order chi connectivity index (χ0) is 24.5. The first-order valence-electron chi connectivity index (χ1n) is 11.5. The van der Waals surface area contributed by atoms with Gasteiger partial charge >= 0.3 is 6.09 Å². The molecular formula is C22H35N9O3. The smallest absolute Gasteiger partial charge is 0.413 e. The fourth-order valence-electron chi connectivity index (χ4n) is 3.77. The van der Waals surface area contributed by atoms with E-state index in [0.29, 0.717) is 40.8 Å². The van der Waals surface area contributed by atoms with E-state index in [9.17, 15) is 4.79 Å². The summed E-state index contributed by atoms with van der Waals surface area (Å²) < 4.78 is 11.9. The third-order valence-electron chi connectivity index (χ3n) is 5.68. The van der Waals surface area contributed by atoms with Crippen molar-refractivity contribution < 1.29 is 14.3 Å². The maximum atomic E-state index is 11.6. The van der Waals surface area contributed by atoms with Crippen LogP contribution < -0.4 is 27.4 Å². The number of nitrogens with zero attached hydrogens (tertiary/aromatic N) is 4. The van der Waals surface area contributed by atoms with Gasteiger partial charge in [0.1, 0.15) is 16.8 Å². The fourth-order valence-corrected chi connectivity index (χ4v) is 3.77. The number of fused-ring (bicyclic) bond motifs is 1. The number of hydrogen-bond acceptors (Lipinski definition) is 10. The predicted octanol–water partition coefficient (Wildman–Crippen LogP) is 1.88. The van der Waals surface area contributed by atoms with Crippen molar-refractivity contribution >= 4 is 28.9 Å². The van der Waals surface area contributed by atoms with Crippen LogP contribution in [0.4, 0.5) is 16.6 Å². The highest BCUT2D eigenvalue weighted by atomic mass is 16.5. The number of carbonyl (C=O) groups excluding carboxylic acids is 1. The molecular weight excluding hydrogens is 438 g/mol. The summed E-state index contributed by atoms with van der Waals surface area (Å²) in [5.74, 6) is 1.47. The number of amides is 1. The first kappa shape index (κ1) is 25.1. The summed E-state index contributed by atoms with van der Waals surface area (Å²) in [5.41, 5.74) is 15.2. The van der Waals surface area contributed by atoms with Gasteiger partial charge in [0.15, 0.2) is 5.82 Å². The minimum atomic E-state index is -0.652. The molecule has 12 heteroatoms. The molecule has 0 bridgehead atoms. The number of rotatable bonds is 10. The molecule has 0 atom stereocenters. The lowest BCUT2D eigenvalue weighted by Crippen LogP contribution is -2.30. The molecule has 3 rings (SSSR count). The Bertz CT molecular complexity index is 1040. The Labute approximate surface area is 199 Å². The molecule has 0 unspecified atom stereocenters. The van der Waals surface area contributed by atoms with Crippen LogP contribution in [0.2, 0.25) is 0 Å². The molecule has 1 aliphatic heterocycles. The minimum Gasteiger partial charge on any atom is -0.495 e. The molecule has 2 aromatic heterocycles. The maximum Gasteiger partial charge on any atom is 0.413 e. The lowest BCUT2D eigenvalue weighted by molar-refractivity contribution is 0.186. The molecule has 1 aliphatic rings. The Morgan fingerprint density at radius 3 is 2.71 bits per heavy atom. The third-order valence-corrected chi connectivity index (χ3v) is 5.68. The average Bonchev–Trinajstić information content (AvgIpc) is 3.25. The number of methoxy groups -OCH3 is 2. The summed E-state index contributed by atoms with van der Waals surface area (Å²) in [6.07, 6.45) is 6.70. The summed E-state index contributed by atoms with van der Waals surface area (Å²) in [6, 6.07) is 0. The van der Waals surface area contributed by atoms with Gasteiger partial charge in [-0.15, -0.1) is 0 Å². The number of carbonyl (C=O) groups is 1. The summed E-state index contributed by atoms with van der Waals surface area (Å²) >= 11 is 0. The van der Waals surface area contributed by atoms with E-state index in [4.69, 9.17) is 16.2 Å². The molecule has 7 N–H and O–H groups in total. The first-order chi connectivity index (χ1) is 16.5. The van der Waals surface area contributed by atoms with Crippen LogP contribution in [0.15, 0.2) is 29.4 Å². The number of aromatic nitrogens is 4. The van der Waals surface area contributed by atoms with E-state index >= 15 is 0 Å². The van der Waals surface area contributed by atoms with Crippen molar-refractivity contribution in [3.63, 3.8) is 0 Å². The lowest BCUT2D eigenvalue weighted by Gasteiger charge is -2.23. The molecule has 0 radical (unpaired) electrons.